The van der Waals surface area contributed by atoms with Gasteiger partial charge in [0.05, 0.1) is 10.7 Å². The molecule has 0 heterocycles. The topological polar surface area (TPSA) is 45.0 Å². The lowest BCUT2D eigenvalue weighted by atomic mass is 10.2. The summed E-state index contributed by atoms with van der Waals surface area (Å²) >= 11 is 5.94. The van der Waals surface area contributed by atoms with Gasteiger partial charge in [0, 0.05) is 12.1 Å². The molecule has 0 amide bonds. The largest absolute Gasteiger partial charge is 0.478 e. The molecule has 0 unspecified atom stereocenters. The van der Waals surface area contributed by atoms with Gasteiger partial charge >= 0.3 is 0 Å². The van der Waals surface area contributed by atoms with Crippen LogP contribution >= 0.6 is 11.6 Å². The minimum absolute atomic E-state index is 0.00564. The van der Waals surface area contributed by atoms with Crippen LogP contribution < -0.4 is 10.1 Å². The SMILES string of the molecule is N#CCOc1ccccc1CNc1ccc(F)cc1Cl. The molecule has 0 spiro atoms. The molecule has 0 saturated carbocycles. The molecule has 0 saturated heterocycles. The first kappa shape index (κ1) is 14.2. The Bertz CT molecular complexity index is 640. The monoisotopic (exact) mass is 290 g/mol. The summed E-state index contributed by atoms with van der Waals surface area (Å²) in [6, 6.07) is 13.5. The van der Waals surface area contributed by atoms with Gasteiger partial charge in [-0.3, -0.25) is 0 Å². The number of hydrogen-bond donors (Lipinski definition) is 1. The van der Waals surface area contributed by atoms with E-state index in [0.717, 1.165) is 5.56 Å². The molecule has 0 aliphatic heterocycles. The molecule has 5 heteroatoms. The maximum absolute atomic E-state index is 13.0. The van der Waals surface area contributed by atoms with Gasteiger partial charge in [0.1, 0.15) is 17.6 Å². The number of ether oxygens (including phenoxy) is 1. The minimum Gasteiger partial charge on any atom is -0.478 e. The molecular formula is C15H12ClFN2O. The molecule has 2 aromatic carbocycles. The highest BCUT2D eigenvalue weighted by molar-refractivity contribution is 6.33. The molecule has 2 aromatic rings. The third-order valence-electron chi connectivity index (χ3n) is 2.67. The number of nitrogens with zero attached hydrogens (tertiary/aromatic N) is 1. The van der Waals surface area contributed by atoms with Crippen molar-refractivity contribution in [1.82, 2.24) is 0 Å². The van der Waals surface area contributed by atoms with Crippen molar-refractivity contribution >= 4 is 17.3 Å². The van der Waals surface area contributed by atoms with Crippen molar-refractivity contribution in [3.05, 3.63) is 58.9 Å². The van der Waals surface area contributed by atoms with Crippen LogP contribution in [0.3, 0.4) is 0 Å². The molecule has 3 nitrogen and oxygen atoms in total. The molecule has 0 bridgehead atoms. The number of nitrogens with one attached hydrogen (secondary N) is 1. The smallest absolute Gasteiger partial charge is 0.174 e. The summed E-state index contributed by atoms with van der Waals surface area (Å²) in [6.45, 7) is 0.460. The summed E-state index contributed by atoms with van der Waals surface area (Å²) in [6.07, 6.45) is 0. The number of halogens is 2. The Labute approximate surface area is 121 Å². The zero-order chi connectivity index (χ0) is 14.4. The Morgan fingerprint density at radius 1 is 1.25 bits per heavy atom. The maximum Gasteiger partial charge on any atom is 0.174 e. The number of hydrogen-bond acceptors (Lipinski definition) is 3. The lowest BCUT2D eigenvalue weighted by molar-refractivity contribution is 0.364. The van der Waals surface area contributed by atoms with Gasteiger partial charge in [-0.1, -0.05) is 29.8 Å². The van der Waals surface area contributed by atoms with Crippen LogP contribution in [0.5, 0.6) is 5.75 Å². The number of benzene rings is 2. The number of nitriles is 1. The van der Waals surface area contributed by atoms with Gasteiger partial charge in [-0.25, -0.2) is 4.39 Å². The van der Waals surface area contributed by atoms with Crippen LogP contribution in [-0.4, -0.2) is 6.61 Å². The Hall–Kier alpha value is -2.25. The van der Waals surface area contributed by atoms with E-state index in [0.29, 0.717) is 23.0 Å². The standard InChI is InChI=1S/C15H12ClFN2O/c16-13-9-12(17)5-6-14(13)19-10-11-3-1-2-4-15(11)20-8-7-18/h1-6,9,19H,8,10H2. The average molecular weight is 291 g/mol. The number of rotatable bonds is 5. The molecule has 0 radical (unpaired) electrons. The molecule has 0 aromatic heterocycles. The Morgan fingerprint density at radius 3 is 2.80 bits per heavy atom. The fourth-order valence-electron chi connectivity index (χ4n) is 1.72. The Kier molecular flexibility index (Phi) is 4.80. The van der Waals surface area contributed by atoms with E-state index >= 15 is 0 Å². The fraction of sp³-hybridized carbons (Fsp3) is 0.133. The zero-order valence-electron chi connectivity index (χ0n) is 10.6. The fourth-order valence-corrected chi connectivity index (χ4v) is 1.96. The summed E-state index contributed by atoms with van der Waals surface area (Å²) in [4.78, 5) is 0. The maximum atomic E-state index is 13.0. The second kappa shape index (κ2) is 6.78. The highest BCUT2D eigenvalue weighted by atomic mass is 35.5. The van der Waals surface area contributed by atoms with E-state index in [2.05, 4.69) is 5.32 Å². The van der Waals surface area contributed by atoms with Crippen molar-refractivity contribution in [3.63, 3.8) is 0 Å². The molecule has 1 N–H and O–H groups in total. The van der Waals surface area contributed by atoms with E-state index in [4.69, 9.17) is 21.6 Å². The van der Waals surface area contributed by atoms with Gasteiger partial charge < -0.3 is 10.1 Å². The minimum atomic E-state index is -0.377. The Balaban J connectivity index is 2.09. The third kappa shape index (κ3) is 3.62. The summed E-state index contributed by atoms with van der Waals surface area (Å²) < 4.78 is 18.3. The molecule has 102 valence electrons. The highest BCUT2D eigenvalue weighted by Crippen LogP contribution is 2.25. The van der Waals surface area contributed by atoms with Crippen LogP contribution in [0.25, 0.3) is 0 Å². The van der Waals surface area contributed by atoms with Crippen molar-refractivity contribution in [2.75, 3.05) is 11.9 Å². The van der Waals surface area contributed by atoms with Crippen molar-refractivity contribution in [3.8, 4) is 11.8 Å². The summed E-state index contributed by atoms with van der Waals surface area (Å²) in [5, 5.41) is 12.0. The number of para-hydroxylation sites is 1. The quantitative estimate of drug-likeness (QED) is 0.905. The van der Waals surface area contributed by atoms with Crippen LogP contribution in [0.4, 0.5) is 10.1 Å². The van der Waals surface area contributed by atoms with Gasteiger partial charge in [0.15, 0.2) is 6.61 Å². The zero-order valence-corrected chi connectivity index (χ0v) is 11.3. The van der Waals surface area contributed by atoms with E-state index in [-0.39, 0.29) is 12.4 Å². The lowest BCUT2D eigenvalue weighted by Crippen LogP contribution is -2.04. The van der Waals surface area contributed by atoms with Crippen LogP contribution in [0.1, 0.15) is 5.56 Å². The van der Waals surface area contributed by atoms with Crippen molar-refractivity contribution in [2.45, 2.75) is 6.54 Å². The molecule has 2 rings (SSSR count). The van der Waals surface area contributed by atoms with E-state index in [1.807, 2.05) is 24.3 Å². The predicted molar refractivity (Wildman–Crippen MR) is 76.3 cm³/mol. The van der Waals surface area contributed by atoms with Crippen LogP contribution in [-0.2, 0) is 6.54 Å². The number of anilines is 1. The van der Waals surface area contributed by atoms with Gasteiger partial charge in [0.25, 0.3) is 0 Å². The van der Waals surface area contributed by atoms with E-state index in [1.165, 1.54) is 12.1 Å². The second-order valence-electron chi connectivity index (χ2n) is 4.03. The van der Waals surface area contributed by atoms with Gasteiger partial charge in [-0.05, 0) is 24.3 Å². The first-order valence-corrected chi connectivity index (χ1v) is 6.35. The normalized spacial score (nSPS) is 9.85. The lowest BCUT2D eigenvalue weighted by Gasteiger charge is -2.12. The first-order chi connectivity index (χ1) is 9.70. The van der Waals surface area contributed by atoms with Crippen molar-refractivity contribution in [1.29, 1.82) is 5.26 Å². The first-order valence-electron chi connectivity index (χ1n) is 5.97. The third-order valence-corrected chi connectivity index (χ3v) is 2.98. The van der Waals surface area contributed by atoms with Gasteiger partial charge in [-0.15, -0.1) is 0 Å². The van der Waals surface area contributed by atoms with Crippen LogP contribution in [0.15, 0.2) is 42.5 Å². The van der Waals surface area contributed by atoms with E-state index in [1.54, 1.807) is 12.1 Å². The molecule has 0 aliphatic rings. The molecular weight excluding hydrogens is 279 g/mol. The second-order valence-corrected chi connectivity index (χ2v) is 4.44. The van der Waals surface area contributed by atoms with Crippen LogP contribution in [0, 0.1) is 17.1 Å². The summed E-state index contributed by atoms with van der Waals surface area (Å²) in [7, 11) is 0. The van der Waals surface area contributed by atoms with Crippen LogP contribution in [0.2, 0.25) is 5.02 Å². The van der Waals surface area contributed by atoms with Crippen molar-refractivity contribution < 1.29 is 9.13 Å². The van der Waals surface area contributed by atoms with E-state index in [9.17, 15) is 4.39 Å². The van der Waals surface area contributed by atoms with Gasteiger partial charge in [0.2, 0.25) is 0 Å². The van der Waals surface area contributed by atoms with E-state index < -0.39 is 0 Å². The highest BCUT2D eigenvalue weighted by Gasteiger charge is 2.05. The molecule has 0 fully saturated rings. The molecule has 0 aliphatic carbocycles. The summed E-state index contributed by atoms with van der Waals surface area (Å²) in [5.41, 5.74) is 1.53. The average Bonchev–Trinajstić information content (AvgIpc) is 2.45. The summed E-state index contributed by atoms with van der Waals surface area (Å²) in [5.74, 6) is 0.262. The van der Waals surface area contributed by atoms with Crippen molar-refractivity contribution in [2.24, 2.45) is 0 Å². The predicted octanol–water partition coefficient (Wildman–Crippen LogP) is 3.99. The molecule has 20 heavy (non-hydrogen) atoms. The Morgan fingerprint density at radius 2 is 2.05 bits per heavy atom. The van der Waals surface area contributed by atoms with Gasteiger partial charge in [-0.2, -0.15) is 5.26 Å². The molecule has 0 atom stereocenters.